The van der Waals surface area contributed by atoms with Crippen LogP contribution in [0.15, 0.2) is 59.4 Å². The van der Waals surface area contributed by atoms with E-state index in [0.717, 1.165) is 36.8 Å². The molecule has 0 unspecified atom stereocenters. The van der Waals surface area contributed by atoms with Gasteiger partial charge in [-0.3, -0.25) is 4.79 Å². The van der Waals surface area contributed by atoms with Gasteiger partial charge in [0, 0.05) is 28.1 Å². The lowest BCUT2D eigenvalue weighted by Gasteiger charge is -2.28. The van der Waals surface area contributed by atoms with Crippen LogP contribution in [0.5, 0.6) is 11.5 Å². The molecule has 42 heavy (non-hydrogen) atoms. The number of rotatable bonds is 7. The summed E-state index contributed by atoms with van der Waals surface area (Å²) in [5.41, 5.74) is 3.96. The Bertz CT molecular complexity index is 2050. The van der Waals surface area contributed by atoms with Gasteiger partial charge in [0.05, 0.1) is 22.9 Å². The summed E-state index contributed by atoms with van der Waals surface area (Å²) in [4.78, 5) is 17.7. The minimum Gasteiger partial charge on any atom is -0.493 e. The fraction of sp³-hybridized carbons (Fsp3) is 0.281. The Morgan fingerprint density at radius 3 is 2.60 bits per heavy atom. The van der Waals surface area contributed by atoms with Crippen molar-refractivity contribution in [3.8, 4) is 35.0 Å². The zero-order chi connectivity index (χ0) is 29.6. The molecule has 0 radical (unpaired) electrons. The van der Waals surface area contributed by atoms with Crippen molar-refractivity contribution in [3.63, 3.8) is 0 Å². The number of benzene rings is 3. The van der Waals surface area contributed by atoms with Crippen LogP contribution in [0.4, 0.5) is 3.89 Å². The molecule has 0 atom stereocenters. The summed E-state index contributed by atoms with van der Waals surface area (Å²) in [5, 5.41) is 5.30. The van der Waals surface area contributed by atoms with E-state index in [0.29, 0.717) is 51.0 Å². The van der Waals surface area contributed by atoms with Crippen LogP contribution in [-0.4, -0.2) is 37.7 Å². The number of hydrogen-bond acceptors (Lipinski definition) is 6. The van der Waals surface area contributed by atoms with Gasteiger partial charge in [0.1, 0.15) is 17.1 Å². The molecule has 10 heteroatoms. The molecule has 6 rings (SSSR count). The second-order valence-corrected chi connectivity index (χ2v) is 12.0. The molecule has 1 fully saturated rings. The molecular weight excluding hydrogens is 557 g/mol. The molecule has 216 valence electrons. The SMILES string of the molecule is C#Cc1ccc2c(c1)[nH]c1c2c(=O)c2cc(OCC(C)C)c(-c3cccc(OS(=O)(=O)F)c3)cc2n1C1CCNCC1. The van der Waals surface area contributed by atoms with Gasteiger partial charge in [-0.1, -0.05) is 41.9 Å². The third kappa shape index (κ3) is 5.22. The number of hydrogen-bond donors (Lipinski definition) is 2. The Morgan fingerprint density at radius 1 is 1.10 bits per heavy atom. The van der Waals surface area contributed by atoms with Crippen LogP contribution in [-0.2, 0) is 10.5 Å². The summed E-state index contributed by atoms with van der Waals surface area (Å²) in [5.74, 6) is 3.15. The minimum absolute atomic E-state index is 0.0960. The van der Waals surface area contributed by atoms with E-state index in [1.807, 2.05) is 38.1 Å². The average molecular weight is 588 g/mol. The van der Waals surface area contributed by atoms with E-state index in [2.05, 4.69) is 25.0 Å². The van der Waals surface area contributed by atoms with Gasteiger partial charge in [-0.2, -0.15) is 8.42 Å². The highest BCUT2D eigenvalue weighted by molar-refractivity contribution is 7.81. The number of nitrogens with one attached hydrogen (secondary N) is 2. The highest BCUT2D eigenvalue weighted by Gasteiger charge is 2.25. The molecule has 0 amide bonds. The first-order valence-electron chi connectivity index (χ1n) is 13.9. The molecule has 8 nitrogen and oxygen atoms in total. The minimum atomic E-state index is -5.21. The van der Waals surface area contributed by atoms with E-state index in [1.54, 1.807) is 18.2 Å². The van der Waals surface area contributed by atoms with Gasteiger partial charge in [-0.05, 0) is 73.8 Å². The Labute approximate surface area is 242 Å². The summed E-state index contributed by atoms with van der Waals surface area (Å²) >= 11 is 0. The number of aromatic amines is 1. The number of halogens is 1. The molecule has 0 saturated carbocycles. The molecule has 3 heterocycles. The number of nitrogens with zero attached hydrogens (tertiary/aromatic N) is 1. The van der Waals surface area contributed by atoms with E-state index in [4.69, 9.17) is 11.2 Å². The summed E-state index contributed by atoms with van der Waals surface area (Å²) in [6, 6.07) is 15.5. The Hall–Kier alpha value is -4.33. The molecule has 1 saturated heterocycles. The monoisotopic (exact) mass is 587 g/mol. The molecule has 1 aliphatic rings. The number of pyridine rings is 1. The van der Waals surface area contributed by atoms with Crippen LogP contribution in [0.25, 0.3) is 44.0 Å². The first-order chi connectivity index (χ1) is 20.1. The zero-order valence-corrected chi connectivity index (χ0v) is 24.1. The van der Waals surface area contributed by atoms with Gasteiger partial charge >= 0.3 is 10.5 Å². The second-order valence-electron chi connectivity index (χ2n) is 11.0. The molecule has 0 spiro atoms. The van der Waals surface area contributed by atoms with E-state index in [9.17, 15) is 17.1 Å². The van der Waals surface area contributed by atoms with Crippen LogP contribution in [0.2, 0.25) is 0 Å². The van der Waals surface area contributed by atoms with Crippen molar-refractivity contribution in [2.75, 3.05) is 19.7 Å². The predicted octanol–water partition coefficient (Wildman–Crippen LogP) is 5.84. The quantitative estimate of drug-likeness (QED) is 0.183. The highest BCUT2D eigenvalue weighted by Crippen LogP contribution is 2.39. The van der Waals surface area contributed by atoms with Gasteiger partial charge in [0.2, 0.25) is 0 Å². The Balaban J connectivity index is 1.69. The van der Waals surface area contributed by atoms with E-state index >= 15 is 0 Å². The lowest BCUT2D eigenvalue weighted by Crippen LogP contribution is -2.30. The summed E-state index contributed by atoms with van der Waals surface area (Å²) in [7, 11) is -5.21. The zero-order valence-electron chi connectivity index (χ0n) is 23.2. The third-order valence-corrected chi connectivity index (χ3v) is 7.99. The lowest BCUT2D eigenvalue weighted by atomic mass is 9.98. The normalized spacial score (nSPS) is 14.5. The highest BCUT2D eigenvalue weighted by atomic mass is 32.3. The smallest absolute Gasteiger partial charge is 0.488 e. The van der Waals surface area contributed by atoms with Gasteiger partial charge in [-0.25, -0.2) is 0 Å². The summed E-state index contributed by atoms with van der Waals surface area (Å²) in [6.07, 6.45) is 7.38. The number of aromatic nitrogens is 2. The molecule has 2 N–H and O–H groups in total. The van der Waals surface area contributed by atoms with Crippen molar-refractivity contribution in [3.05, 3.63) is 70.4 Å². The fourth-order valence-electron chi connectivity index (χ4n) is 5.76. The Morgan fingerprint density at radius 2 is 1.88 bits per heavy atom. The van der Waals surface area contributed by atoms with Crippen molar-refractivity contribution >= 4 is 43.3 Å². The van der Waals surface area contributed by atoms with Crippen molar-refractivity contribution < 1.29 is 21.2 Å². The number of fused-ring (bicyclic) bond motifs is 4. The number of H-pyrrole nitrogens is 1. The van der Waals surface area contributed by atoms with E-state index in [-0.39, 0.29) is 23.1 Å². The maximum absolute atomic E-state index is 14.2. The first kappa shape index (κ1) is 27.8. The molecule has 5 aromatic rings. The van der Waals surface area contributed by atoms with E-state index < -0.39 is 10.5 Å². The number of terminal acetylenes is 1. The van der Waals surface area contributed by atoms with Gasteiger partial charge in [-0.15, -0.1) is 6.42 Å². The fourth-order valence-corrected chi connectivity index (χ4v) is 6.10. The van der Waals surface area contributed by atoms with Crippen LogP contribution < -0.4 is 19.7 Å². The van der Waals surface area contributed by atoms with Crippen molar-refractivity contribution in [2.24, 2.45) is 5.92 Å². The van der Waals surface area contributed by atoms with Gasteiger partial charge in [0.25, 0.3) is 0 Å². The van der Waals surface area contributed by atoms with Gasteiger partial charge < -0.3 is 23.8 Å². The maximum Gasteiger partial charge on any atom is 0.488 e. The first-order valence-corrected chi connectivity index (χ1v) is 15.2. The van der Waals surface area contributed by atoms with Gasteiger partial charge in [0.15, 0.2) is 5.43 Å². The largest absolute Gasteiger partial charge is 0.493 e. The van der Waals surface area contributed by atoms with Crippen molar-refractivity contribution in [1.82, 2.24) is 14.9 Å². The summed E-state index contributed by atoms with van der Waals surface area (Å²) < 4.78 is 48.7. The molecule has 2 aromatic heterocycles. The van der Waals surface area contributed by atoms with Crippen LogP contribution >= 0.6 is 0 Å². The van der Waals surface area contributed by atoms with Crippen LogP contribution in [0, 0.1) is 18.3 Å². The molecule has 0 bridgehead atoms. The van der Waals surface area contributed by atoms with Crippen LogP contribution in [0.1, 0.15) is 38.3 Å². The molecule has 1 aliphatic heterocycles. The topological polar surface area (TPSA) is 102 Å². The van der Waals surface area contributed by atoms with Crippen molar-refractivity contribution in [1.29, 1.82) is 0 Å². The average Bonchev–Trinajstić information content (AvgIpc) is 3.34. The van der Waals surface area contributed by atoms with Crippen LogP contribution in [0.3, 0.4) is 0 Å². The maximum atomic E-state index is 14.2. The van der Waals surface area contributed by atoms with E-state index in [1.165, 1.54) is 12.1 Å². The second kappa shape index (κ2) is 10.8. The predicted molar refractivity (Wildman–Crippen MR) is 163 cm³/mol. The number of ether oxygens (including phenoxy) is 1. The molecule has 3 aromatic carbocycles. The summed E-state index contributed by atoms with van der Waals surface area (Å²) in [6.45, 7) is 6.10. The number of piperidine rings is 1. The standard InChI is InChI=1S/C32H30FN3O5S/c1-4-20-8-9-24-27(14-20)35-32-30(24)31(37)26-17-29(40-18-19(2)3)25(16-28(26)36(32)22-10-12-34-13-11-22)21-6-5-7-23(15-21)41-42(33,38)39/h1,5-9,14-17,19,22,34-35H,10-13,18H2,2-3H3. The molecular formula is C32H30FN3O5S. The molecule has 0 aliphatic carbocycles. The van der Waals surface area contributed by atoms with Crippen molar-refractivity contribution in [2.45, 2.75) is 32.7 Å². The third-order valence-electron chi connectivity index (χ3n) is 7.60. The lowest BCUT2D eigenvalue weighted by molar-refractivity contribution is 0.272. The Kier molecular flexibility index (Phi) is 7.17.